The van der Waals surface area contributed by atoms with Gasteiger partial charge >= 0.3 is 0 Å². The van der Waals surface area contributed by atoms with Crippen LogP contribution in [0.2, 0.25) is 0 Å². The summed E-state index contributed by atoms with van der Waals surface area (Å²) in [5.74, 6) is 0.401. The maximum atomic E-state index is 13.0. The first-order chi connectivity index (χ1) is 17.0. The molecule has 0 radical (unpaired) electrons. The number of hydrogen-bond donors (Lipinski definition) is 3. The number of aliphatic hydroxyl groups excluding tert-OH is 1. The van der Waals surface area contributed by atoms with Crippen LogP contribution >= 0.6 is 0 Å². The van der Waals surface area contributed by atoms with Crippen LogP contribution in [0.1, 0.15) is 21.5 Å². The number of carbonyl (C=O) groups is 2. The number of ether oxygens (including phenoxy) is 2. The molecule has 0 aromatic heterocycles. The van der Waals surface area contributed by atoms with Crippen molar-refractivity contribution in [3.63, 3.8) is 0 Å². The molecule has 4 aromatic carbocycles. The second-order valence-corrected chi connectivity index (χ2v) is 8.00. The smallest absolute Gasteiger partial charge is 0.262 e. The van der Waals surface area contributed by atoms with Gasteiger partial charge in [0.1, 0.15) is 11.5 Å². The summed E-state index contributed by atoms with van der Waals surface area (Å²) in [6.45, 7) is 1.59. The van der Waals surface area contributed by atoms with Crippen molar-refractivity contribution < 1.29 is 24.2 Å². The van der Waals surface area contributed by atoms with Gasteiger partial charge in [-0.2, -0.15) is 0 Å². The number of anilines is 2. The minimum atomic E-state index is -0.353. The summed E-state index contributed by atoms with van der Waals surface area (Å²) in [6, 6.07) is 23.4. The first kappa shape index (κ1) is 23.8. The van der Waals surface area contributed by atoms with Gasteiger partial charge in [-0.25, -0.2) is 0 Å². The van der Waals surface area contributed by atoms with Crippen molar-refractivity contribution in [3.8, 4) is 11.5 Å². The van der Waals surface area contributed by atoms with Gasteiger partial charge in [0.15, 0.2) is 6.61 Å². The van der Waals surface area contributed by atoms with Crippen LogP contribution in [0, 0.1) is 6.92 Å². The fourth-order valence-electron chi connectivity index (χ4n) is 3.81. The van der Waals surface area contributed by atoms with Crippen LogP contribution in [0.4, 0.5) is 11.4 Å². The van der Waals surface area contributed by atoms with Crippen LogP contribution in [0.15, 0.2) is 78.9 Å². The van der Waals surface area contributed by atoms with Crippen molar-refractivity contribution in [1.82, 2.24) is 0 Å². The van der Waals surface area contributed by atoms with Crippen molar-refractivity contribution >= 4 is 34.0 Å². The summed E-state index contributed by atoms with van der Waals surface area (Å²) in [6.07, 6.45) is 0. The highest BCUT2D eigenvalue weighted by atomic mass is 16.5. The Balaban J connectivity index is 1.48. The summed E-state index contributed by atoms with van der Waals surface area (Å²) in [4.78, 5) is 25.5. The van der Waals surface area contributed by atoms with E-state index in [2.05, 4.69) is 10.6 Å². The van der Waals surface area contributed by atoms with E-state index < -0.39 is 0 Å². The van der Waals surface area contributed by atoms with Crippen LogP contribution in [-0.4, -0.2) is 30.6 Å². The largest absolute Gasteiger partial charge is 0.496 e. The molecular formula is C28H26N2O5. The van der Waals surface area contributed by atoms with Gasteiger partial charge in [0.05, 0.1) is 13.7 Å². The van der Waals surface area contributed by atoms with Gasteiger partial charge in [-0.1, -0.05) is 42.5 Å². The first-order valence-electron chi connectivity index (χ1n) is 11.1. The Kier molecular flexibility index (Phi) is 7.28. The van der Waals surface area contributed by atoms with Gasteiger partial charge in [0.25, 0.3) is 11.8 Å². The number of methoxy groups -OCH3 is 1. The predicted octanol–water partition coefficient (Wildman–Crippen LogP) is 4.92. The van der Waals surface area contributed by atoms with E-state index in [1.54, 1.807) is 30.3 Å². The van der Waals surface area contributed by atoms with Gasteiger partial charge in [-0.05, 0) is 48.2 Å². The second-order valence-electron chi connectivity index (χ2n) is 8.00. The molecule has 4 rings (SSSR count). The van der Waals surface area contributed by atoms with Gasteiger partial charge in [0.2, 0.25) is 0 Å². The molecule has 0 aliphatic rings. The van der Waals surface area contributed by atoms with Crippen LogP contribution in [-0.2, 0) is 11.4 Å². The molecular weight excluding hydrogens is 444 g/mol. The van der Waals surface area contributed by atoms with Crippen molar-refractivity contribution in [2.24, 2.45) is 0 Å². The summed E-state index contributed by atoms with van der Waals surface area (Å²) in [5, 5.41) is 16.5. The predicted molar refractivity (Wildman–Crippen MR) is 136 cm³/mol. The highest BCUT2D eigenvalue weighted by molar-refractivity contribution is 6.14. The summed E-state index contributed by atoms with van der Waals surface area (Å²) in [7, 11) is 1.50. The summed E-state index contributed by atoms with van der Waals surface area (Å²) >= 11 is 0. The molecule has 0 atom stereocenters. The average molecular weight is 471 g/mol. The van der Waals surface area contributed by atoms with Gasteiger partial charge in [0, 0.05) is 34.0 Å². The van der Waals surface area contributed by atoms with Crippen LogP contribution in [0.25, 0.3) is 10.8 Å². The minimum Gasteiger partial charge on any atom is -0.496 e. The molecule has 0 bridgehead atoms. The van der Waals surface area contributed by atoms with E-state index in [9.17, 15) is 14.7 Å². The third kappa shape index (κ3) is 5.59. The third-order valence-corrected chi connectivity index (χ3v) is 5.50. The standard InChI is InChI=1S/C28H26N2O5/c1-18-6-5-7-20(14-18)30-28(33)24-12-13-25(23-9-4-3-8-22(23)24)35-17-27(32)29-21-11-10-19(16-31)26(15-21)34-2/h3-15,31H,16-17H2,1-2H3,(H,29,32)(H,30,33). The molecule has 0 saturated heterocycles. The van der Waals surface area contributed by atoms with Crippen molar-refractivity contribution in [1.29, 1.82) is 0 Å². The van der Waals surface area contributed by atoms with E-state index in [0.717, 1.165) is 22.0 Å². The molecule has 0 saturated carbocycles. The zero-order chi connectivity index (χ0) is 24.8. The van der Waals surface area contributed by atoms with Gasteiger partial charge < -0.3 is 25.2 Å². The molecule has 0 heterocycles. The van der Waals surface area contributed by atoms with Crippen LogP contribution < -0.4 is 20.1 Å². The fourth-order valence-corrected chi connectivity index (χ4v) is 3.81. The molecule has 178 valence electrons. The lowest BCUT2D eigenvalue weighted by molar-refractivity contribution is -0.118. The quantitative estimate of drug-likeness (QED) is 0.340. The van der Waals surface area contributed by atoms with Crippen molar-refractivity contribution in [2.75, 3.05) is 24.4 Å². The maximum absolute atomic E-state index is 13.0. The van der Waals surface area contributed by atoms with Crippen molar-refractivity contribution in [2.45, 2.75) is 13.5 Å². The average Bonchev–Trinajstić information content (AvgIpc) is 2.87. The van der Waals surface area contributed by atoms with Gasteiger partial charge in [-0.3, -0.25) is 9.59 Å². The van der Waals surface area contributed by atoms with E-state index in [0.29, 0.717) is 28.3 Å². The number of benzene rings is 4. The Bertz CT molecular complexity index is 1380. The molecule has 4 aromatic rings. The number of aryl methyl sites for hydroxylation is 1. The number of carbonyl (C=O) groups excluding carboxylic acids is 2. The molecule has 2 amide bonds. The molecule has 7 heteroatoms. The maximum Gasteiger partial charge on any atom is 0.262 e. The number of aliphatic hydroxyl groups is 1. The molecule has 7 nitrogen and oxygen atoms in total. The Labute approximate surface area is 203 Å². The highest BCUT2D eigenvalue weighted by Crippen LogP contribution is 2.29. The Morgan fingerprint density at radius 2 is 1.60 bits per heavy atom. The van der Waals surface area contributed by atoms with E-state index in [-0.39, 0.29) is 25.0 Å². The van der Waals surface area contributed by atoms with E-state index in [4.69, 9.17) is 9.47 Å². The lowest BCUT2D eigenvalue weighted by atomic mass is 10.0. The summed E-state index contributed by atoms with van der Waals surface area (Å²) < 4.78 is 11.0. The zero-order valence-electron chi connectivity index (χ0n) is 19.5. The third-order valence-electron chi connectivity index (χ3n) is 5.50. The molecule has 0 unspecified atom stereocenters. The highest BCUT2D eigenvalue weighted by Gasteiger charge is 2.15. The topological polar surface area (TPSA) is 96.9 Å². The van der Waals surface area contributed by atoms with E-state index in [1.165, 1.54) is 7.11 Å². The van der Waals surface area contributed by atoms with E-state index in [1.807, 2.05) is 55.5 Å². The molecule has 0 aliphatic heterocycles. The molecule has 35 heavy (non-hydrogen) atoms. The number of amides is 2. The molecule has 0 fully saturated rings. The molecule has 3 N–H and O–H groups in total. The first-order valence-corrected chi connectivity index (χ1v) is 11.1. The van der Waals surface area contributed by atoms with Crippen LogP contribution in [0.3, 0.4) is 0 Å². The zero-order valence-corrected chi connectivity index (χ0v) is 19.5. The fraction of sp³-hybridized carbons (Fsp3) is 0.143. The number of hydrogen-bond acceptors (Lipinski definition) is 5. The second kappa shape index (κ2) is 10.7. The Hall–Kier alpha value is -4.36. The lowest BCUT2D eigenvalue weighted by Gasteiger charge is -2.14. The minimum absolute atomic E-state index is 0.160. The Morgan fingerprint density at radius 3 is 2.34 bits per heavy atom. The normalized spacial score (nSPS) is 10.6. The van der Waals surface area contributed by atoms with Gasteiger partial charge in [-0.15, -0.1) is 0 Å². The van der Waals surface area contributed by atoms with Crippen LogP contribution in [0.5, 0.6) is 11.5 Å². The number of rotatable bonds is 8. The van der Waals surface area contributed by atoms with E-state index >= 15 is 0 Å². The monoisotopic (exact) mass is 470 g/mol. The number of nitrogens with one attached hydrogen (secondary N) is 2. The Morgan fingerprint density at radius 1 is 0.829 bits per heavy atom. The van der Waals surface area contributed by atoms with Crippen molar-refractivity contribution in [3.05, 3.63) is 95.6 Å². The molecule has 0 aliphatic carbocycles. The molecule has 0 spiro atoms. The number of fused-ring (bicyclic) bond motifs is 1. The SMILES string of the molecule is COc1cc(NC(=O)COc2ccc(C(=O)Nc3cccc(C)c3)c3ccccc23)ccc1CO. The lowest BCUT2D eigenvalue weighted by Crippen LogP contribution is -2.20. The summed E-state index contributed by atoms with van der Waals surface area (Å²) in [5.41, 5.74) is 3.44.